The molecule has 1 fully saturated rings. The van der Waals surface area contributed by atoms with E-state index in [1.165, 1.54) is 6.07 Å². The molecule has 0 spiro atoms. The van der Waals surface area contributed by atoms with Gasteiger partial charge in [-0.25, -0.2) is 9.07 Å². The molecule has 6 nitrogen and oxygen atoms in total. The van der Waals surface area contributed by atoms with E-state index >= 15 is 0 Å². The summed E-state index contributed by atoms with van der Waals surface area (Å²) in [6, 6.07) is 7.48. The third-order valence-corrected chi connectivity index (χ3v) is 4.50. The number of aryl methyl sites for hydroxylation is 1. The van der Waals surface area contributed by atoms with Gasteiger partial charge < -0.3 is 10.2 Å². The predicted molar refractivity (Wildman–Crippen MR) is 86.6 cm³/mol. The van der Waals surface area contributed by atoms with Crippen LogP contribution >= 0.6 is 0 Å². The summed E-state index contributed by atoms with van der Waals surface area (Å²) in [5.41, 5.74) is 0.759. The molecule has 1 aliphatic heterocycles. The smallest absolute Gasteiger partial charge is 0.245 e. The van der Waals surface area contributed by atoms with Gasteiger partial charge in [-0.2, -0.15) is 0 Å². The lowest BCUT2D eigenvalue weighted by Gasteiger charge is -2.34. The number of anilines is 1. The Balaban J connectivity index is 1.59. The lowest BCUT2D eigenvalue weighted by molar-refractivity contribution is 0.356. The van der Waals surface area contributed by atoms with E-state index in [4.69, 9.17) is 0 Å². The zero-order valence-electron chi connectivity index (χ0n) is 13.6. The molecule has 124 valence electrons. The lowest BCUT2D eigenvalue weighted by Crippen LogP contribution is -2.44. The monoisotopic (exact) mass is 318 g/mol. The number of hydrogen-bond acceptors (Lipinski definition) is 5. The van der Waals surface area contributed by atoms with Gasteiger partial charge in [0.1, 0.15) is 5.82 Å². The van der Waals surface area contributed by atoms with Gasteiger partial charge in [0.25, 0.3) is 0 Å². The minimum atomic E-state index is -0.130. The Morgan fingerprint density at radius 3 is 2.65 bits per heavy atom. The average molecular weight is 318 g/mol. The van der Waals surface area contributed by atoms with E-state index in [-0.39, 0.29) is 11.9 Å². The van der Waals surface area contributed by atoms with Crippen molar-refractivity contribution >= 4 is 5.95 Å². The highest BCUT2D eigenvalue weighted by Crippen LogP contribution is 2.23. The summed E-state index contributed by atoms with van der Waals surface area (Å²) in [5, 5.41) is 15.2. The first-order valence-corrected chi connectivity index (χ1v) is 8.16. The van der Waals surface area contributed by atoms with Crippen LogP contribution in [0, 0.1) is 5.82 Å². The van der Waals surface area contributed by atoms with E-state index in [0.29, 0.717) is 6.04 Å². The predicted octanol–water partition coefficient (Wildman–Crippen LogP) is 2.06. The number of benzene rings is 1. The molecule has 2 aromatic rings. The Labute approximate surface area is 135 Å². The van der Waals surface area contributed by atoms with Gasteiger partial charge in [0.05, 0.1) is 0 Å². The van der Waals surface area contributed by atoms with Crippen LogP contribution in [-0.4, -0.2) is 39.3 Å². The Morgan fingerprint density at radius 1 is 1.30 bits per heavy atom. The van der Waals surface area contributed by atoms with Crippen LogP contribution in [0.4, 0.5) is 10.3 Å². The molecule has 0 radical (unpaired) electrons. The second-order valence-corrected chi connectivity index (χ2v) is 6.01. The third-order valence-electron chi connectivity index (χ3n) is 4.50. The summed E-state index contributed by atoms with van der Waals surface area (Å²) >= 11 is 0. The van der Waals surface area contributed by atoms with Crippen molar-refractivity contribution in [2.75, 3.05) is 18.0 Å². The van der Waals surface area contributed by atoms with Crippen LogP contribution in [0.25, 0.3) is 0 Å². The van der Waals surface area contributed by atoms with E-state index in [9.17, 15) is 4.39 Å². The molecule has 7 heteroatoms. The summed E-state index contributed by atoms with van der Waals surface area (Å²) in [7, 11) is 1.85. The fraction of sp³-hybridized carbons (Fsp3) is 0.562. The first-order valence-electron chi connectivity index (χ1n) is 8.16. The minimum Gasteiger partial charge on any atom is -0.340 e. The second kappa shape index (κ2) is 7.04. The molecule has 1 saturated heterocycles. The summed E-state index contributed by atoms with van der Waals surface area (Å²) in [6.45, 7) is 3.89. The molecule has 0 aliphatic carbocycles. The van der Waals surface area contributed by atoms with Crippen molar-refractivity contribution in [2.24, 2.45) is 7.05 Å². The number of piperidine rings is 1. The Kier molecular flexibility index (Phi) is 4.85. The molecule has 1 atom stereocenters. The Bertz CT molecular complexity index is 635. The highest BCUT2D eigenvalue weighted by atomic mass is 19.1. The van der Waals surface area contributed by atoms with Gasteiger partial charge in [0.15, 0.2) is 0 Å². The van der Waals surface area contributed by atoms with Crippen molar-refractivity contribution in [3.8, 4) is 0 Å². The van der Waals surface area contributed by atoms with Crippen LogP contribution in [0.3, 0.4) is 0 Å². The van der Waals surface area contributed by atoms with Gasteiger partial charge in [0, 0.05) is 37.8 Å². The molecule has 1 aromatic carbocycles. The number of tetrazole rings is 1. The zero-order chi connectivity index (χ0) is 16.2. The molecular weight excluding hydrogens is 295 g/mol. The van der Waals surface area contributed by atoms with Crippen molar-refractivity contribution in [3.63, 3.8) is 0 Å². The molecular formula is C16H23FN6. The van der Waals surface area contributed by atoms with Crippen molar-refractivity contribution in [1.29, 1.82) is 0 Å². The number of nitrogens with one attached hydrogen (secondary N) is 1. The summed E-state index contributed by atoms with van der Waals surface area (Å²) < 4.78 is 15.7. The maximum atomic E-state index is 14.0. The second-order valence-electron chi connectivity index (χ2n) is 6.01. The molecule has 1 aromatic heterocycles. The number of hydrogen-bond donors (Lipinski definition) is 1. The maximum absolute atomic E-state index is 14.0. The zero-order valence-corrected chi connectivity index (χ0v) is 13.6. The van der Waals surface area contributed by atoms with Gasteiger partial charge >= 0.3 is 0 Å². The van der Waals surface area contributed by atoms with Crippen molar-refractivity contribution in [1.82, 2.24) is 25.5 Å². The van der Waals surface area contributed by atoms with Gasteiger partial charge in [-0.3, -0.25) is 0 Å². The summed E-state index contributed by atoms with van der Waals surface area (Å²) in [6.07, 6.45) is 2.87. The largest absolute Gasteiger partial charge is 0.340 e. The van der Waals surface area contributed by atoms with E-state index < -0.39 is 0 Å². The van der Waals surface area contributed by atoms with E-state index in [1.807, 2.05) is 19.2 Å². The highest BCUT2D eigenvalue weighted by molar-refractivity contribution is 5.28. The van der Waals surface area contributed by atoms with Crippen molar-refractivity contribution in [3.05, 3.63) is 35.6 Å². The highest BCUT2D eigenvalue weighted by Gasteiger charge is 2.25. The Hall–Kier alpha value is -2.02. The first kappa shape index (κ1) is 15.9. The van der Waals surface area contributed by atoms with E-state index in [2.05, 4.69) is 32.7 Å². The molecule has 1 unspecified atom stereocenters. The van der Waals surface area contributed by atoms with Crippen molar-refractivity contribution in [2.45, 2.75) is 38.3 Å². The summed E-state index contributed by atoms with van der Waals surface area (Å²) in [5.74, 6) is 0.680. The summed E-state index contributed by atoms with van der Waals surface area (Å²) in [4.78, 5) is 2.20. The average Bonchev–Trinajstić information content (AvgIpc) is 3.00. The molecule has 1 N–H and O–H groups in total. The molecule has 0 saturated carbocycles. The normalized spacial score (nSPS) is 17.4. The molecule has 2 heterocycles. The van der Waals surface area contributed by atoms with Crippen LogP contribution < -0.4 is 10.2 Å². The fourth-order valence-corrected chi connectivity index (χ4v) is 3.21. The standard InChI is InChI=1S/C16H23FN6/c1-3-15(13-6-4-5-7-14(13)17)18-12-8-10-23(11-9-12)16-19-20-21-22(16)2/h4-7,12,15,18H,3,8-11H2,1-2H3. The van der Waals surface area contributed by atoms with Crippen molar-refractivity contribution < 1.29 is 4.39 Å². The quantitative estimate of drug-likeness (QED) is 0.914. The molecule has 0 bridgehead atoms. The van der Waals surface area contributed by atoms with E-state index in [1.54, 1.807) is 10.7 Å². The van der Waals surface area contributed by atoms with Crippen LogP contribution in [0.1, 0.15) is 37.8 Å². The Morgan fingerprint density at radius 2 is 2.04 bits per heavy atom. The minimum absolute atomic E-state index is 0.0595. The number of rotatable bonds is 5. The number of aromatic nitrogens is 4. The van der Waals surface area contributed by atoms with Gasteiger partial charge in [-0.15, -0.1) is 0 Å². The lowest BCUT2D eigenvalue weighted by atomic mass is 9.99. The van der Waals surface area contributed by atoms with Crippen LogP contribution in [0.5, 0.6) is 0 Å². The third kappa shape index (κ3) is 3.50. The molecule has 23 heavy (non-hydrogen) atoms. The van der Waals surface area contributed by atoms with E-state index in [0.717, 1.165) is 43.9 Å². The van der Waals surface area contributed by atoms with Crippen LogP contribution in [0.2, 0.25) is 0 Å². The number of nitrogens with zero attached hydrogens (tertiary/aromatic N) is 5. The fourth-order valence-electron chi connectivity index (χ4n) is 3.21. The van der Waals surface area contributed by atoms with Crippen LogP contribution in [0.15, 0.2) is 24.3 Å². The molecule has 3 rings (SSSR count). The topological polar surface area (TPSA) is 58.9 Å². The maximum Gasteiger partial charge on any atom is 0.245 e. The van der Waals surface area contributed by atoms with Gasteiger partial charge in [-0.05, 0) is 35.8 Å². The molecule has 0 amide bonds. The molecule has 1 aliphatic rings. The van der Waals surface area contributed by atoms with Gasteiger partial charge in [-0.1, -0.05) is 30.2 Å². The number of halogens is 1. The SMILES string of the molecule is CCC(NC1CCN(c2nnnn2C)CC1)c1ccccc1F. The van der Waals surface area contributed by atoms with Crippen LogP contribution in [-0.2, 0) is 7.05 Å². The van der Waals surface area contributed by atoms with Gasteiger partial charge in [0.2, 0.25) is 5.95 Å². The first-order chi connectivity index (χ1) is 11.2.